The van der Waals surface area contributed by atoms with Crippen LogP contribution in [-0.2, 0) is 0 Å². The molecule has 2 heterocycles. The maximum absolute atomic E-state index is 5.73. The molecule has 0 aliphatic rings. The molecule has 1 atom stereocenters. The zero-order valence-electron chi connectivity index (χ0n) is 8.00. The third-order valence-corrected chi connectivity index (χ3v) is 2.02. The minimum atomic E-state index is -0.218. The molecule has 0 aliphatic carbocycles. The Morgan fingerprint density at radius 3 is 2.80 bits per heavy atom. The van der Waals surface area contributed by atoms with Crippen molar-refractivity contribution < 1.29 is 0 Å². The first-order valence-electron chi connectivity index (χ1n) is 4.33. The zero-order chi connectivity index (χ0) is 10.8. The van der Waals surface area contributed by atoms with Gasteiger partial charge in [-0.1, -0.05) is 11.6 Å². The van der Waals surface area contributed by atoms with Crippen LogP contribution in [-0.4, -0.2) is 25.0 Å². The van der Waals surface area contributed by atoms with E-state index in [1.54, 1.807) is 12.1 Å². The van der Waals surface area contributed by atoms with Crippen LogP contribution in [0, 0.1) is 0 Å². The van der Waals surface area contributed by atoms with Crippen molar-refractivity contribution in [2.45, 2.75) is 13.0 Å². The highest BCUT2D eigenvalue weighted by molar-refractivity contribution is 6.29. The van der Waals surface area contributed by atoms with Gasteiger partial charge in [0.25, 0.3) is 0 Å². The molecule has 0 saturated heterocycles. The van der Waals surface area contributed by atoms with Gasteiger partial charge in [0.2, 0.25) is 0 Å². The van der Waals surface area contributed by atoms with Crippen LogP contribution in [0.15, 0.2) is 18.5 Å². The molecule has 0 unspecified atom stereocenters. The molecule has 6 nitrogen and oxygen atoms in total. The Balaban J connectivity index is 2.45. The summed E-state index contributed by atoms with van der Waals surface area (Å²) in [5.41, 5.74) is 5.73. The Kier molecular flexibility index (Phi) is 2.61. The van der Waals surface area contributed by atoms with Crippen molar-refractivity contribution in [1.82, 2.24) is 25.0 Å². The quantitative estimate of drug-likeness (QED) is 0.813. The largest absolute Gasteiger partial charge is 0.322 e. The van der Waals surface area contributed by atoms with Crippen molar-refractivity contribution in [3.05, 3.63) is 29.4 Å². The van der Waals surface area contributed by atoms with Crippen molar-refractivity contribution in [2.75, 3.05) is 0 Å². The molecule has 0 bridgehead atoms. The van der Waals surface area contributed by atoms with E-state index in [2.05, 4.69) is 20.3 Å². The number of aromatic nitrogens is 5. The van der Waals surface area contributed by atoms with Gasteiger partial charge in [0, 0.05) is 0 Å². The lowest BCUT2D eigenvalue weighted by Gasteiger charge is -2.06. The number of halogens is 1. The predicted molar refractivity (Wildman–Crippen MR) is 54.6 cm³/mol. The number of rotatable bonds is 2. The predicted octanol–water partition coefficient (Wildman–Crippen LogP) is 0.730. The highest BCUT2D eigenvalue weighted by atomic mass is 35.5. The van der Waals surface area contributed by atoms with Gasteiger partial charge in [-0.2, -0.15) is 9.78 Å². The number of hydrogen-bond acceptors (Lipinski definition) is 5. The summed E-state index contributed by atoms with van der Waals surface area (Å²) in [6, 6.07) is 3.12. The van der Waals surface area contributed by atoms with E-state index in [1.165, 1.54) is 11.0 Å². The van der Waals surface area contributed by atoms with Crippen molar-refractivity contribution in [1.29, 1.82) is 0 Å². The number of hydrogen-bond donors (Lipinski definition) is 1. The van der Waals surface area contributed by atoms with Crippen molar-refractivity contribution >= 4 is 11.6 Å². The molecule has 0 radical (unpaired) electrons. The van der Waals surface area contributed by atoms with Gasteiger partial charge < -0.3 is 5.73 Å². The van der Waals surface area contributed by atoms with E-state index in [-0.39, 0.29) is 6.04 Å². The first-order chi connectivity index (χ1) is 7.18. The van der Waals surface area contributed by atoms with E-state index in [9.17, 15) is 0 Å². The summed E-state index contributed by atoms with van der Waals surface area (Å²) in [4.78, 5) is 4.04. The van der Waals surface area contributed by atoms with Crippen LogP contribution in [0.25, 0.3) is 5.82 Å². The summed E-state index contributed by atoms with van der Waals surface area (Å²) >= 11 is 5.63. The molecule has 0 amide bonds. The molecule has 0 spiro atoms. The average Bonchev–Trinajstić information content (AvgIpc) is 2.67. The molecular weight excluding hydrogens is 216 g/mol. The standard InChI is InChI=1S/C8H9ClN6/c1-5(10)8-11-4-12-15(8)7-3-2-6(9)13-14-7/h2-5H,10H2,1H3/t5-/m0/s1. The van der Waals surface area contributed by atoms with E-state index in [0.717, 1.165) is 0 Å². The molecular formula is C8H9ClN6. The van der Waals surface area contributed by atoms with Crippen LogP contribution in [0.4, 0.5) is 0 Å². The van der Waals surface area contributed by atoms with Gasteiger partial charge >= 0.3 is 0 Å². The topological polar surface area (TPSA) is 82.5 Å². The summed E-state index contributed by atoms with van der Waals surface area (Å²) < 4.78 is 1.54. The molecule has 78 valence electrons. The molecule has 0 aliphatic heterocycles. The second kappa shape index (κ2) is 3.92. The smallest absolute Gasteiger partial charge is 0.177 e. The lowest BCUT2D eigenvalue weighted by atomic mass is 10.3. The third-order valence-electron chi connectivity index (χ3n) is 1.82. The van der Waals surface area contributed by atoms with Gasteiger partial charge in [0.15, 0.2) is 16.8 Å². The highest BCUT2D eigenvalue weighted by Crippen LogP contribution is 2.11. The molecule has 2 rings (SSSR count). The Labute approximate surface area is 91.1 Å². The summed E-state index contributed by atoms with van der Waals surface area (Å²) in [6.45, 7) is 1.82. The molecule has 2 aromatic heterocycles. The van der Waals surface area contributed by atoms with Gasteiger partial charge in [-0.25, -0.2) is 4.98 Å². The number of nitrogens with two attached hydrogens (primary N) is 1. The molecule has 0 fully saturated rings. The fourth-order valence-corrected chi connectivity index (χ4v) is 1.26. The minimum Gasteiger partial charge on any atom is -0.322 e. The average molecular weight is 225 g/mol. The summed E-state index contributed by atoms with van der Waals surface area (Å²) in [6.07, 6.45) is 1.43. The third kappa shape index (κ3) is 1.95. The first-order valence-corrected chi connectivity index (χ1v) is 4.71. The van der Waals surface area contributed by atoms with E-state index >= 15 is 0 Å². The maximum atomic E-state index is 5.73. The van der Waals surface area contributed by atoms with Gasteiger partial charge in [0.1, 0.15) is 6.33 Å². The minimum absolute atomic E-state index is 0.218. The van der Waals surface area contributed by atoms with E-state index in [1.807, 2.05) is 6.92 Å². The normalized spacial score (nSPS) is 12.7. The Bertz CT molecular complexity index is 448. The van der Waals surface area contributed by atoms with Crippen LogP contribution in [0.2, 0.25) is 5.15 Å². The van der Waals surface area contributed by atoms with Crippen molar-refractivity contribution in [2.24, 2.45) is 5.73 Å². The molecule has 2 aromatic rings. The second-order valence-corrected chi connectivity index (χ2v) is 3.42. The fourth-order valence-electron chi connectivity index (χ4n) is 1.16. The van der Waals surface area contributed by atoms with Crippen LogP contribution in [0.5, 0.6) is 0 Å². The Hall–Kier alpha value is -1.53. The van der Waals surface area contributed by atoms with Crippen LogP contribution < -0.4 is 5.73 Å². The van der Waals surface area contributed by atoms with Gasteiger partial charge in [0.05, 0.1) is 6.04 Å². The zero-order valence-corrected chi connectivity index (χ0v) is 8.76. The maximum Gasteiger partial charge on any atom is 0.177 e. The van der Waals surface area contributed by atoms with Crippen molar-refractivity contribution in [3.63, 3.8) is 0 Å². The molecule has 0 aromatic carbocycles. The van der Waals surface area contributed by atoms with Gasteiger partial charge in [-0.15, -0.1) is 10.2 Å². The van der Waals surface area contributed by atoms with E-state index < -0.39 is 0 Å². The summed E-state index contributed by atoms with van der Waals surface area (Å²) in [7, 11) is 0. The SMILES string of the molecule is C[C@H](N)c1ncnn1-c1ccc(Cl)nn1. The highest BCUT2D eigenvalue weighted by Gasteiger charge is 2.11. The van der Waals surface area contributed by atoms with Gasteiger partial charge in [-0.05, 0) is 19.1 Å². The molecule has 0 saturated carbocycles. The molecule has 7 heteroatoms. The van der Waals surface area contributed by atoms with Gasteiger partial charge in [-0.3, -0.25) is 0 Å². The summed E-state index contributed by atoms with van der Waals surface area (Å²) in [5.74, 6) is 1.18. The lowest BCUT2D eigenvalue weighted by molar-refractivity contribution is 0.674. The second-order valence-electron chi connectivity index (χ2n) is 3.03. The van der Waals surface area contributed by atoms with Crippen LogP contribution in [0.3, 0.4) is 0 Å². The molecule has 15 heavy (non-hydrogen) atoms. The monoisotopic (exact) mass is 224 g/mol. The Morgan fingerprint density at radius 1 is 1.40 bits per heavy atom. The Morgan fingerprint density at radius 2 is 2.20 bits per heavy atom. The lowest BCUT2D eigenvalue weighted by Crippen LogP contribution is -2.14. The van der Waals surface area contributed by atoms with E-state index in [4.69, 9.17) is 17.3 Å². The van der Waals surface area contributed by atoms with E-state index in [0.29, 0.717) is 16.8 Å². The molecule has 2 N–H and O–H groups in total. The number of nitrogens with zero attached hydrogens (tertiary/aromatic N) is 5. The van der Waals surface area contributed by atoms with Crippen LogP contribution >= 0.6 is 11.6 Å². The summed E-state index contributed by atoms with van der Waals surface area (Å²) in [5, 5.41) is 12.0. The first kappa shape index (κ1) is 10.0. The fraction of sp³-hybridized carbons (Fsp3) is 0.250. The van der Waals surface area contributed by atoms with Crippen LogP contribution in [0.1, 0.15) is 18.8 Å². The van der Waals surface area contributed by atoms with Crippen molar-refractivity contribution in [3.8, 4) is 5.82 Å².